The molecule has 4 aromatic carbocycles. The first kappa shape index (κ1) is 24.3. The van der Waals surface area contributed by atoms with Gasteiger partial charge in [0.2, 0.25) is 0 Å². The number of carbonyl (C=O) groups excluding carboxylic acids is 2. The molecule has 1 aliphatic rings. The Bertz CT molecular complexity index is 1270. The third kappa shape index (κ3) is 5.41. The molecule has 0 bridgehead atoms. The van der Waals surface area contributed by atoms with Crippen LogP contribution in [0.5, 0.6) is 0 Å². The van der Waals surface area contributed by atoms with Crippen LogP contribution in [-0.2, 0) is 33.7 Å². The minimum Gasteiger partial charge on any atom is -0.461 e. The standard InChI is InChI=1S/C32H29NO4/c34-30-32(21-25-13-5-1-6-14-25,22-26-15-7-2-8-16-26)33(29(24-36-30)28-19-11-4-12-20-28)31(35)37-23-27-17-9-3-10-18-27/h1-20,29H,21-24H2/t29-/m1/s1. The fraction of sp³-hybridized carbons (Fsp3) is 0.188. The predicted molar refractivity (Wildman–Crippen MR) is 142 cm³/mol. The van der Waals surface area contributed by atoms with Crippen LogP contribution in [0.2, 0.25) is 0 Å². The minimum absolute atomic E-state index is 0.0641. The highest BCUT2D eigenvalue weighted by Gasteiger charge is 2.55. The molecule has 5 heteroatoms. The summed E-state index contributed by atoms with van der Waals surface area (Å²) in [6, 6.07) is 38.3. The molecule has 5 nitrogen and oxygen atoms in total. The van der Waals surface area contributed by atoms with Crippen molar-refractivity contribution in [3.63, 3.8) is 0 Å². The van der Waals surface area contributed by atoms with Gasteiger partial charge in [0.25, 0.3) is 0 Å². The second-order valence-electron chi connectivity index (χ2n) is 9.29. The first-order valence-electron chi connectivity index (χ1n) is 12.5. The van der Waals surface area contributed by atoms with Gasteiger partial charge in [0.15, 0.2) is 5.54 Å². The molecule has 1 heterocycles. The van der Waals surface area contributed by atoms with Gasteiger partial charge in [-0.25, -0.2) is 9.59 Å². The number of hydrogen-bond acceptors (Lipinski definition) is 4. The maximum atomic E-state index is 14.0. The fourth-order valence-electron chi connectivity index (χ4n) is 5.02. The number of hydrogen-bond donors (Lipinski definition) is 0. The molecule has 4 aromatic rings. The Kier molecular flexibility index (Phi) is 7.31. The first-order chi connectivity index (χ1) is 18.2. The van der Waals surface area contributed by atoms with Crippen LogP contribution in [-0.4, -0.2) is 29.1 Å². The molecule has 186 valence electrons. The van der Waals surface area contributed by atoms with E-state index in [0.717, 1.165) is 22.3 Å². The smallest absolute Gasteiger partial charge is 0.411 e. The Morgan fingerprint density at radius 3 is 1.70 bits per heavy atom. The Labute approximate surface area is 217 Å². The second kappa shape index (κ2) is 11.1. The van der Waals surface area contributed by atoms with Gasteiger partial charge >= 0.3 is 12.1 Å². The lowest BCUT2D eigenvalue weighted by molar-refractivity contribution is -0.173. The number of cyclic esters (lactones) is 1. The van der Waals surface area contributed by atoms with Crippen molar-refractivity contribution in [3.8, 4) is 0 Å². The van der Waals surface area contributed by atoms with Gasteiger partial charge in [0.1, 0.15) is 13.2 Å². The molecular weight excluding hydrogens is 462 g/mol. The summed E-state index contributed by atoms with van der Waals surface area (Å²) < 4.78 is 11.7. The van der Waals surface area contributed by atoms with Gasteiger partial charge in [-0.05, 0) is 22.3 Å². The summed E-state index contributed by atoms with van der Waals surface area (Å²) >= 11 is 0. The molecule has 1 amide bonds. The van der Waals surface area contributed by atoms with E-state index in [2.05, 4.69) is 0 Å². The maximum Gasteiger partial charge on any atom is 0.411 e. The summed E-state index contributed by atoms with van der Waals surface area (Å²) in [5.74, 6) is -0.427. The van der Waals surface area contributed by atoms with Crippen molar-refractivity contribution in [2.45, 2.75) is 31.0 Å². The zero-order chi connectivity index (χ0) is 25.5. The Morgan fingerprint density at radius 2 is 1.19 bits per heavy atom. The normalized spacial score (nSPS) is 16.6. The number of amides is 1. The third-order valence-electron chi connectivity index (χ3n) is 6.79. The molecule has 0 aromatic heterocycles. The monoisotopic (exact) mass is 491 g/mol. The Balaban J connectivity index is 1.60. The highest BCUT2D eigenvalue weighted by Crippen LogP contribution is 2.39. The SMILES string of the molecule is O=C(OCc1ccccc1)N1[C@@H](c2ccccc2)COC(=O)C1(Cc1ccccc1)Cc1ccccc1. The minimum atomic E-state index is -1.30. The van der Waals surface area contributed by atoms with Crippen LogP contribution < -0.4 is 0 Å². The van der Waals surface area contributed by atoms with Crippen LogP contribution in [0.1, 0.15) is 28.3 Å². The predicted octanol–water partition coefficient (Wildman–Crippen LogP) is 6.15. The van der Waals surface area contributed by atoms with Crippen molar-refractivity contribution in [2.75, 3.05) is 6.61 Å². The summed E-state index contributed by atoms with van der Waals surface area (Å²) in [5, 5.41) is 0. The van der Waals surface area contributed by atoms with Crippen LogP contribution >= 0.6 is 0 Å². The van der Waals surface area contributed by atoms with Gasteiger partial charge in [-0.3, -0.25) is 4.90 Å². The molecule has 37 heavy (non-hydrogen) atoms. The van der Waals surface area contributed by atoms with Gasteiger partial charge in [-0.1, -0.05) is 121 Å². The number of rotatable bonds is 7. The van der Waals surface area contributed by atoms with E-state index in [4.69, 9.17) is 9.47 Å². The lowest BCUT2D eigenvalue weighted by Gasteiger charge is -2.48. The Morgan fingerprint density at radius 1 is 0.730 bits per heavy atom. The molecule has 1 atom stereocenters. The van der Waals surface area contributed by atoms with Gasteiger partial charge in [0.05, 0.1) is 6.04 Å². The molecule has 0 N–H and O–H groups in total. The topological polar surface area (TPSA) is 55.8 Å². The van der Waals surface area contributed by atoms with Crippen molar-refractivity contribution in [2.24, 2.45) is 0 Å². The highest BCUT2D eigenvalue weighted by atomic mass is 16.6. The van der Waals surface area contributed by atoms with Gasteiger partial charge < -0.3 is 9.47 Å². The lowest BCUT2D eigenvalue weighted by Crippen LogP contribution is -2.65. The van der Waals surface area contributed by atoms with E-state index >= 15 is 0 Å². The zero-order valence-corrected chi connectivity index (χ0v) is 20.5. The van der Waals surface area contributed by atoms with Gasteiger partial charge in [-0.15, -0.1) is 0 Å². The van der Waals surface area contributed by atoms with E-state index < -0.39 is 23.6 Å². The molecule has 0 saturated carbocycles. The van der Waals surface area contributed by atoms with E-state index in [1.165, 1.54) is 0 Å². The van der Waals surface area contributed by atoms with E-state index in [1.54, 1.807) is 4.90 Å². The number of morpholine rings is 1. The fourth-order valence-corrected chi connectivity index (χ4v) is 5.02. The molecule has 1 fully saturated rings. The van der Waals surface area contributed by atoms with Crippen LogP contribution in [0.4, 0.5) is 4.79 Å². The van der Waals surface area contributed by atoms with Gasteiger partial charge in [-0.2, -0.15) is 0 Å². The van der Waals surface area contributed by atoms with Crippen molar-refractivity contribution in [1.82, 2.24) is 4.90 Å². The van der Waals surface area contributed by atoms with Crippen LogP contribution in [0.25, 0.3) is 0 Å². The highest BCUT2D eigenvalue weighted by molar-refractivity contribution is 5.88. The number of carbonyl (C=O) groups is 2. The summed E-state index contributed by atoms with van der Waals surface area (Å²) in [6.45, 7) is 0.175. The third-order valence-corrected chi connectivity index (χ3v) is 6.79. The van der Waals surface area contributed by atoms with Crippen LogP contribution in [0.15, 0.2) is 121 Å². The number of nitrogens with zero attached hydrogens (tertiary/aromatic N) is 1. The number of benzene rings is 4. The summed E-state index contributed by atoms with van der Waals surface area (Å²) in [6.07, 6.45) is 0.0534. The van der Waals surface area contributed by atoms with Crippen LogP contribution in [0, 0.1) is 0 Å². The largest absolute Gasteiger partial charge is 0.461 e. The average Bonchev–Trinajstić information content (AvgIpc) is 2.95. The maximum absolute atomic E-state index is 14.0. The second-order valence-corrected chi connectivity index (χ2v) is 9.29. The van der Waals surface area contributed by atoms with Crippen LogP contribution in [0.3, 0.4) is 0 Å². The molecule has 1 saturated heterocycles. The van der Waals surface area contributed by atoms with Gasteiger partial charge in [0, 0.05) is 12.8 Å². The summed E-state index contributed by atoms with van der Waals surface area (Å²) in [7, 11) is 0. The Hall–Kier alpha value is -4.38. The van der Waals surface area contributed by atoms with Crippen molar-refractivity contribution in [1.29, 1.82) is 0 Å². The van der Waals surface area contributed by atoms with E-state index in [0.29, 0.717) is 12.8 Å². The number of esters is 1. The zero-order valence-electron chi connectivity index (χ0n) is 20.5. The molecule has 0 radical (unpaired) electrons. The molecule has 0 aliphatic carbocycles. The molecule has 1 aliphatic heterocycles. The van der Waals surface area contributed by atoms with E-state index in [9.17, 15) is 9.59 Å². The summed E-state index contributed by atoms with van der Waals surface area (Å²) in [4.78, 5) is 29.4. The van der Waals surface area contributed by atoms with Crippen molar-refractivity contribution in [3.05, 3.63) is 144 Å². The van der Waals surface area contributed by atoms with E-state index in [1.807, 2.05) is 121 Å². The average molecular weight is 492 g/mol. The molecule has 0 unspecified atom stereocenters. The first-order valence-corrected chi connectivity index (χ1v) is 12.5. The molecule has 0 spiro atoms. The summed E-state index contributed by atoms with van der Waals surface area (Å²) in [5.41, 5.74) is 2.34. The van der Waals surface area contributed by atoms with Crippen molar-refractivity contribution >= 4 is 12.1 Å². The number of ether oxygens (including phenoxy) is 2. The molecular formula is C32H29NO4. The quantitative estimate of drug-likeness (QED) is 0.291. The van der Waals surface area contributed by atoms with Crippen molar-refractivity contribution < 1.29 is 19.1 Å². The molecule has 5 rings (SSSR count). The lowest BCUT2D eigenvalue weighted by atomic mass is 9.80. The van der Waals surface area contributed by atoms with E-state index in [-0.39, 0.29) is 13.2 Å².